The molecule has 1 unspecified atom stereocenters. The first-order valence-electron chi connectivity index (χ1n) is 5.78. The third-order valence-corrected chi connectivity index (χ3v) is 3.56. The van der Waals surface area contributed by atoms with Crippen LogP contribution in [0, 0.1) is 17.5 Å². The van der Waals surface area contributed by atoms with E-state index in [1.165, 1.54) is 0 Å². The largest absolute Gasteiger partial charge is 0.406 e. The Morgan fingerprint density at radius 1 is 1.06 bits per heavy atom. The summed E-state index contributed by atoms with van der Waals surface area (Å²) in [6, 6.07) is 0. The molecule has 0 N–H and O–H groups in total. The van der Waals surface area contributed by atoms with Crippen LogP contribution in [0.15, 0.2) is 0 Å². The van der Waals surface area contributed by atoms with Gasteiger partial charge in [-0.3, -0.25) is 9.05 Å². The Kier molecular flexibility index (Phi) is 6.99. The first kappa shape index (κ1) is 15.7. The van der Waals surface area contributed by atoms with Crippen molar-refractivity contribution in [3.8, 4) is 11.6 Å². The lowest BCUT2D eigenvalue weighted by Crippen LogP contribution is -2.06. The quantitative estimate of drug-likeness (QED) is 0.542. The predicted octanol–water partition coefficient (Wildman–Crippen LogP) is 4.04. The molecule has 0 heterocycles. The third kappa shape index (κ3) is 7.06. The molecule has 0 bridgehead atoms. The van der Waals surface area contributed by atoms with Gasteiger partial charge in [-0.2, -0.15) is 0 Å². The van der Waals surface area contributed by atoms with Crippen molar-refractivity contribution in [3.05, 3.63) is 0 Å². The summed E-state index contributed by atoms with van der Waals surface area (Å²) >= 11 is 0. The highest BCUT2D eigenvalue weighted by molar-refractivity contribution is 7.59. The van der Waals surface area contributed by atoms with E-state index < -0.39 is 7.60 Å². The molecular weight excluding hydrogens is 223 g/mol. The smallest absolute Gasteiger partial charge is 0.297 e. The van der Waals surface area contributed by atoms with E-state index in [2.05, 4.69) is 11.6 Å². The summed E-state index contributed by atoms with van der Waals surface area (Å²) in [7, 11) is -3.26. The third-order valence-electron chi connectivity index (χ3n) is 1.76. The Morgan fingerprint density at radius 2 is 1.50 bits per heavy atom. The van der Waals surface area contributed by atoms with Gasteiger partial charge in [-0.05, 0) is 34.1 Å². The van der Waals surface area contributed by atoms with Gasteiger partial charge in [0.15, 0.2) is 0 Å². The summed E-state index contributed by atoms with van der Waals surface area (Å²) in [4.78, 5) is 0. The molecule has 0 fully saturated rings. The fourth-order valence-corrected chi connectivity index (χ4v) is 2.57. The SMILES string of the molecule is CCC(C)C#CP(=O)(OC(C)C)OC(C)C. The van der Waals surface area contributed by atoms with Crippen LogP contribution in [0.4, 0.5) is 0 Å². The van der Waals surface area contributed by atoms with E-state index in [9.17, 15) is 4.57 Å². The Balaban J connectivity index is 4.77. The van der Waals surface area contributed by atoms with Crippen LogP contribution in [0.3, 0.4) is 0 Å². The van der Waals surface area contributed by atoms with Gasteiger partial charge in [0.05, 0.1) is 12.2 Å². The highest BCUT2D eigenvalue weighted by Crippen LogP contribution is 2.49. The van der Waals surface area contributed by atoms with Crippen LogP contribution in [0.5, 0.6) is 0 Å². The number of hydrogen-bond donors (Lipinski definition) is 0. The van der Waals surface area contributed by atoms with Crippen molar-refractivity contribution < 1.29 is 13.6 Å². The van der Waals surface area contributed by atoms with E-state index in [1.54, 1.807) is 0 Å². The van der Waals surface area contributed by atoms with Crippen molar-refractivity contribution in [2.75, 3.05) is 0 Å². The van der Waals surface area contributed by atoms with Crippen molar-refractivity contribution in [1.29, 1.82) is 0 Å². The second kappa shape index (κ2) is 7.12. The molecule has 0 spiro atoms. The summed E-state index contributed by atoms with van der Waals surface area (Å²) in [6.07, 6.45) is 0.614. The molecule has 4 heteroatoms. The average molecular weight is 246 g/mol. The van der Waals surface area contributed by atoms with E-state index in [1.807, 2.05) is 41.5 Å². The monoisotopic (exact) mass is 246 g/mol. The molecule has 0 aromatic rings. The summed E-state index contributed by atoms with van der Waals surface area (Å²) in [6.45, 7) is 11.3. The number of rotatable bonds is 5. The van der Waals surface area contributed by atoms with Crippen LogP contribution in [-0.4, -0.2) is 12.2 Å². The van der Waals surface area contributed by atoms with Crippen LogP contribution >= 0.6 is 7.60 Å². The maximum atomic E-state index is 12.2. The van der Waals surface area contributed by atoms with Crippen molar-refractivity contribution in [3.63, 3.8) is 0 Å². The first-order valence-corrected chi connectivity index (χ1v) is 7.33. The fraction of sp³-hybridized carbons (Fsp3) is 0.833. The van der Waals surface area contributed by atoms with Gasteiger partial charge in [0.2, 0.25) is 0 Å². The van der Waals surface area contributed by atoms with Crippen molar-refractivity contribution >= 4 is 7.60 Å². The van der Waals surface area contributed by atoms with Gasteiger partial charge in [0.25, 0.3) is 0 Å². The minimum Gasteiger partial charge on any atom is -0.297 e. The van der Waals surface area contributed by atoms with Crippen LogP contribution in [0.2, 0.25) is 0 Å². The van der Waals surface area contributed by atoms with Gasteiger partial charge in [0, 0.05) is 11.6 Å². The molecule has 0 aliphatic rings. The topological polar surface area (TPSA) is 35.5 Å². The second-order valence-corrected chi connectivity index (χ2v) is 6.01. The van der Waals surface area contributed by atoms with Crippen molar-refractivity contribution in [1.82, 2.24) is 0 Å². The molecule has 16 heavy (non-hydrogen) atoms. The predicted molar refractivity (Wildman–Crippen MR) is 67.3 cm³/mol. The van der Waals surface area contributed by atoms with E-state index >= 15 is 0 Å². The van der Waals surface area contributed by atoms with E-state index in [-0.39, 0.29) is 18.1 Å². The Labute approximate surface area is 99.4 Å². The second-order valence-electron chi connectivity index (χ2n) is 4.37. The molecule has 94 valence electrons. The standard InChI is InChI=1S/C12H23O3P/c1-7-12(6)8-9-16(13,14-10(2)3)15-11(4)5/h10-12H,7H2,1-6H3. The van der Waals surface area contributed by atoms with E-state index in [0.29, 0.717) is 0 Å². The van der Waals surface area contributed by atoms with Crippen molar-refractivity contribution in [2.24, 2.45) is 5.92 Å². The van der Waals surface area contributed by atoms with Crippen LogP contribution in [0.25, 0.3) is 0 Å². The zero-order valence-corrected chi connectivity index (χ0v) is 12.0. The minimum atomic E-state index is -3.26. The average Bonchev–Trinajstić information content (AvgIpc) is 2.11. The van der Waals surface area contributed by atoms with Crippen LogP contribution < -0.4 is 0 Å². The Bertz CT molecular complexity index is 285. The Morgan fingerprint density at radius 3 is 1.81 bits per heavy atom. The van der Waals surface area contributed by atoms with E-state index in [4.69, 9.17) is 9.05 Å². The summed E-state index contributed by atoms with van der Waals surface area (Å²) in [5, 5.41) is 0. The van der Waals surface area contributed by atoms with Gasteiger partial charge in [-0.15, -0.1) is 0 Å². The normalized spacial score (nSPS) is 13.8. The van der Waals surface area contributed by atoms with Crippen LogP contribution in [0.1, 0.15) is 48.0 Å². The van der Waals surface area contributed by atoms with Gasteiger partial charge in [-0.25, -0.2) is 4.57 Å². The lowest BCUT2D eigenvalue weighted by atomic mass is 10.1. The molecule has 1 atom stereocenters. The molecule has 0 aliphatic carbocycles. The van der Waals surface area contributed by atoms with E-state index in [0.717, 1.165) is 6.42 Å². The first-order chi connectivity index (χ1) is 7.29. The lowest BCUT2D eigenvalue weighted by molar-refractivity contribution is 0.150. The lowest BCUT2D eigenvalue weighted by Gasteiger charge is -2.17. The van der Waals surface area contributed by atoms with Crippen LogP contribution in [-0.2, 0) is 13.6 Å². The minimum absolute atomic E-state index is 0.157. The van der Waals surface area contributed by atoms with Gasteiger partial charge in [0.1, 0.15) is 0 Å². The van der Waals surface area contributed by atoms with Gasteiger partial charge < -0.3 is 0 Å². The maximum Gasteiger partial charge on any atom is 0.406 e. The van der Waals surface area contributed by atoms with Crippen molar-refractivity contribution in [2.45, 2.75) is 60.2 Å². The molecule has 0 radical (unpaired) electrons. The molecule has 0 amide bonds. The molecule has 0 saturated heterocycles. The zero-order valence-electron chi connectivity index (χ0n) is 11.1. The highest BCUT2D eigenvalue weighted by Gasteiger charge is 2.25. The van der Waals surface area contributed by atoms with Gasteiger partial charge >= 0.3 is 7.60 Å². The molecular formula is C12H23O3P. The zero-order chi connectivity index (χ0) is 12.8. The maximum absolute atomic E-state index is 12.2. The molecule has 0 aromatic heterocycles. The molecule has 3 nitrogen and oxygen atoms in total. The van der Waals surface area contributed by atoms with Gasteiger partial charge in [-0.1, -0.05) is 19.8 Å². The Hall–Kier alpha value is -0.290. The molecule has 0 rings (SSSR count). The summed E-state index contributed by atoms with van der Waals surface area (Å²) < 4.78 is 22.8. The summed E-state index contributed by atoms with van der Waals surface area (Å²) in [5.74, 6) is 3.13. The molecule has 0 aromatic carbocycles. The highest BCUT2D eigenvalue weighted by atomic mass is 31.2. The fourth-order valence-electron chi connectivity index (χ4n) is 0.924. The number of hydrogen-bond acceptors (Lipinski definition) is 3. The summed E-state index contributed by atoms with van der Waals surface area (Å²) in [5.41, 5.74) is 2.67. The molecule has 0 saturated carbocycles. The molecule has 0 aliphatic heterocycles.